The summed E-state index contributed by atoms with van der Waals surface area (Å²) < 4.78 is 5.24. The maximum atomic E-state index is 12.7. The fraction of sp³-hybridized carbons (Fsp3) is 0.286. The molecule has 0 aromatic heterocycles. The van der Waals surface area contributed by atoms with Crippen LogP contribution in [0.2, 0.25) is 5.02 Å². The van der Waals surface area contributed by atoms with Crippen LogP contribution in [0, 0.1) is 0 Å². The number of halogens is 1. The van der Waals surface area contributed by atoms with Gasteiger partial charge in [0.05, 0.1) is 18.3 Å². The normalized spacial score (nSPS) is 12.0. The molecule has 1 atom stereocenters. The summed E-state index contributed by atoms with van der Waals surface area (Å²) in [6, 6.07) is 12.8. The zero-order valence-corrected chi connectivity index (χ0v) is 17.0. The highest BCUT2D eigenvalue weighted by Gasteiger charge is 2.32. The number of anilines is 1. The molecule has 1 N–H and O–H groups in total. The zero-order valence-electron chi connectivity index (χ0n) is 16.2. The molecule has 0 spiro atoms. The van der Waals surface area contributed by atoms with E-state index >= 15 is 0 Å². The van der Waals surface area contributed by atoms with Gasteiger partial charge in [0.2, 0.25) is 12.2 Å². The zero-order chi connectivity index (χ0) is 20.9. The maximum absolute atomic E-state index is 12.7. The number of hydrogen-bond acceptors (Lipinski definition) is 4. The Morgan fingerprint density at radius 2 is 1.86 bits per heavy atom. The van der Waals surface area contributed by atoms with Crippen molar-refractivity contribution in [2.75, 3.05) is 12.0 Å². The van der Waals surface area contributed by atoms with E-state index in [-0.39, 0.29) is 0 Å². The molecule has 0 bridgehead atoms. The Balaban J connectivity index is 2.21. The molecule has 0 heterocycles. The molecule has 7 heteroatoms. The average Bonchev–Trinajstić information content (AvgIpc) is 2.67. The SMILES string of the molecule is COc1ccccc1N(C=O)C(C)C(=O)C(=O)NC(C)(C)c1cccc(Cl)c1. The van der Waals surface area contributed by atoms with E-state index in [4.69, 9.17) is 16.3 Å². The van der Waals surface area contributed by atoms with Crippen molar-refractivity contribution in [3.05, 3.63) is 59.1 Å². The van der Waals surface area contributed by atoms with Gasteiger partial charge < -0.3 is 15.0 Å². The molecule has 2 aromatic carbocycles. The Morgan fingerprint density at radius 1 is 1.18 bits per heavy atom. The average molecular weight is 403 g/mol. The molecule has 2 aromatic rings. The van der Waals surface area contributed by atoms with E-state index in [1.807, 2.05) is 6.07 Å². The number of para-hydroxylation sites is 2. The Kier molecular flexibility index (Phi) is 6.80. The van der Waals surface area contributed by atoms with E-state index < -0.39 is 23.3 Å². The van der Waals surface area contributed by atoms with Gasteiger partial charge in [-0.1, -0.05) is 35.9 Å². The Hall–Kier alpha value is -2.86. The molecule has 148 valence electrons. The van der Waals surface area contributed by atoms with Crippen molar-refractivity contribution in [3.63, 3.8) is 0 Å². The van der Waals surface area contributed by atoms with Crippen molar-refractivity contribution in [3.8, 4) is 5.75 Å². The third-order valence-corrected chi connectivity index (χ3v) is 4.70. The molecule has 1 unspecified atom stereocenters. The van der Waals surface area contributed by atoms with E-state index in [0.29, 0.717) is 22.9 Å². The molecule has 0 aliphatic rings. The van der Waals surface area contributed by atoms with Crippen molar-refractivity contribution < 1.29 is 19.1 Å². The second-order valence-electron chi connectivity index (χ2n) is 6.81. The minimum atomic E-state index is -1.01. The predicted octanol–water partition coefficient (Wildman–Crippen LogP) is 3.32. The summed E-state index contributed by atoms with van der Waals surface area (Å²) in [6.45, 7) is 5.04. The fourth-order valence-electron chi connectivity index (χ4n) is 2.81. The van der Waals surface area contributed by atoms with Gasteiger partial charge in [-0.3, -0.25) is 14.4 Å². The highest BCUT2D eigenvalue weighted by atomic mass is 35.5. The first-order valence-electron chi connectivity index (χ1n) is 8.70. The molecule has 0 aliphatic carbocycles. The Morgan fingerprint density at radius 3 is 2.46 bits per heavy atom. The summed E-state index contributed by atoms with van der Waals surface area (Å²) in [4.78, 5) is 38.1. The van der Waals surface area contributed by atoms with Gasteiger partial charge in [-0.15, -0.1) is 0 Å². The number of ketones is 1. The van der Waals surface area contributed by atoms with E-state index in [0.717, 1.165) is 5.56 Å². The summed E-state index contributed by atoms with van der Waals surface area (Å²) in [5.74, 6) is -1.11. The van der Waals surface area contributed by atoms with Crippen molar-refractivity contribution in [2.45, 2.75) is 32.4 Å². The number of Topliss-reactive ketones (excluding diaryl/α,β-unsaturated/α-hetero) is 1. The van der Waals surface area contributed by atoms with Gasteiger partial charge in [0, 0.05) is 5.02 Å². The molecule has 0 radical (unpaired) electrons. The first-order valence-corrected chi connectivity index (χ1v) is 9.08. The standard InChI is InChI=1S/C21H23ClN2O4/c1-14(24(13-25)17-10-5-6-11-18(17)28-4)19(26)20(27)23-21(2,3)15-8-7-9-16(22)12-15/h5-14H,1-4H3,(H,23,27). The monoisotopic (exact) mass is 402 g/mol. The topological polar surface area (TPSA) is 75.7 Å². The number of nitrogens with one attached hydrogen (secondary N) is 1. The van der Waals surface area contributed by atoms with Crippen molar-refractivity contribution in [2.24, 2.45) is 0 Å². The van der Waals surface area contributed by atoms with Gasteiger partial charge in [0.1, 0.15) is 11.8 Å². The van der Waals surface area contributed by atoms with E-state index in [1.165, 1.54) is 18.9 Å². The van der Waals surface area contributed by atoms with Crippen LogP contribution in [0.3, 0.4) is 0 Å². The van der Waals surface area contributed by atoms with E-state index in [2.05, 4.69) is 5.32 Å². The van der Waals surface area contributed by atoms with Gasteiger partial charge in [0.25, 0.3) is 5.91 Å². The van der Waals surface area contributed by atoms with Crippen LogP contribution in [0.1, 0.15) is 26.3 Å². The van der Waals surface area contributed by atoms with Crippen LogP contribution in [0.25, 0.3) is 0 Å². The number of rotatable bonds is 8. The minimum Gasteiger partial charge on any atom is -0.495 e. The quantitative estimate of drug-likeness (QED) is 0.543. The number of carbonyl (C=O) groups is 3. The third kappa shape index (κ3) is 4.70. The van der Waals surface area contributed by atoms with Crippen molar-refractivity contribution in [1.82, 2.24) is 5.32 Å². The molecule has 0 aliphatic heterocycles. The number of hydrogen-bond donors (Lipinski definition) is 1. The van der Waals surface area contributed by atoms with Gasteiger partial charge >= 0.3 is 0 Å². The first kappa shape index (κ1) is 21.4. The summed E-state index contributed by atoms with van der Waals surface area (Å²) in [5.41, 5.74) is 0.335. The highest BCUT2D eigenvalue weighted by molar-refractivity contribution is 6.39. The predicted molar refractivity (Wildman–Crippen MR) is 109 cm³/mol. The van der Waals surface area contributed by atoms with Crippen LogP contribution in [-0.4, -0.2) is 31.3 Å². The smallest absolute Gasteiger partial charge is 0.290 e. The van der Waals surface area contributed by atoms with Gasteiger partial charge in [-0.25, -0.2) is 0 Å². The van der Waals surface area contributed by atoms with Crippen molar-refractivity contribution >= 4 is 35.4 Å². The number of carbonyl (C=O) groups excluding carboxylic acids is 3. The molecular formula is C21H23ClN2O4. The third-order valence-electron chi connectivity index (χ3n) is 4.47. The number of methoxy groups -OCH3 is 1. The largest absolute Gasteiger partial charge is 0.495 e. The molecule has 6 nitrogen and oxygen atoms in total. The summed E-state index contributed by atoms with van der Waals surface area (Å²) in [7, 11) is 1.47. The second-order valence-corrected chi connectivity index (χ2v) is 7.25. The summed E-state index contributed by atoms with van der Waals surface area (Å²) in [6.07, 6.45) is 0.510. The molecule has 2 amide bonds. The van der Waals surface area contributed by atoms with Crippen molar-refractivity contribution in [1.29, 1.82) is 0 Å². The molecule has 0 saturated carbocycles. The lowest BCUT2D eigenvalue weighted by Crippen LogP contribution is -2.50. The number of nitrogens with zero attached hydrogens (tertiary/aromatic N) is 1. The number of ether oxygens (including phenoxy) is 1. The van der Waals surface area contributed by atoms with Crippen LogP contribution < -0.4 is 15.0 Å². The molecule has 2 rings (SSSR count). The first-order chi connectivity index (χ1) is 13.2. The molecular weight excluding hydrogens is 380 g/mol. The van der Waals surface area contributed by atoms with Gasteiger partial charge in [0.15, 0.2) is 0 Å². The number of benzene rings is 2. The van der Waals surface area contributed by atoms with Crippen LogP contribution in [0.4, 0.5) is 5.69 Å². The lowest BCUT2D eigenvalue weighted by Gasteiger charge is -2.29. The van der Waals surface area contributed by atoms with Gasteiger partial charge in [-0.2, -0.15) is 0 Å². The van der Waals surface area contributed by atoms with E-state index in [9.17, 15) is 14.4 Å². The minimum absolute atomic E-state index is 0.405. The Bertz CT molecular complexity index is 882. The maximum Gasteiger partial charge on any atom is 0.290 e. The fourth-order valence-corrected chi connectivity index (χ4v) is 3.00. The lowest BCUT2D eigenvalue weighted by molar-refractivity contribution is -0.139. The van der Waals surface area contributed by atoms with E-state index in [1.54, 1.807) is 56.3 Å². The summed E-state index contributed by atoms with van der Waals surface area (Å²) >= 11 is 6.02. The molecule has 28 heavy (non-hydrogen) atoms. The second kappa shape index (κ2) is 8.89. The lowest BCUT2D eigenvalue weighted by atomic mass is 9.94. The van der Waals surface area contributed by atoms with Crippen LogP contribution in [0.5, 0.6) is 5.75 Å². The van der Waals surface area contributed by atoms with Crippen LogP contribution >= 0.6 is 11.6 Å². The van der Waals surface area contributed by atoms with Gasteiger partial charge in [-0.05, 0) is 50.6 Å². The Labute approximate surface area is 169 Å². The van der Waals surface area contributed by atoms with Crippen LogP contribution in [0.15, 0.2) is 48.5 Å². The van der Waals surface area contributed by atoms with Crippen LogP contribution in [-0.2, 0) is 19.9 Å². The molecule has 0 fully saturated rings. The summed E-state index contributed by atoms with van der Waals surface area (Å²) in [5, 5.41) is 3.25. The number of amides is 2. The highest BCUT2D eigenvalue weighted by Crippen LogP contribution is 2.28. The molecule has 0 saturated heterocycles.